The molecule has 2 aromatic carbocycles. The Morgan fingerprint density at radius 2 is 1.71 bits per heavy atom. The van der Waals surface area contributed by atoms with E-state index in [9.17, 15) is 25.2 Å². The van der Waals surface area contributed by atoms with E-state index < -0.39 is 42.9 Å². The Morgan fingerprint density at radius 3 is 2.39 bits per heavy atom. The van der Waals surface area contributed by atoms with E-state index in [0.717, 1.165) is 0 Å². The lowest BCUT2D eigenvalue weighted by molar-refractivity contribution is -0.277. The van der Waals surface area contributed by atoms with Crippen molar-refractivity contribution in [2.45, 2.75) is 30.7 Å². The van der Waals surface area contributed by atoms with Crippen LogP contribution in [0.15, 0.2) is 39.5 Å². The lowest BCUT2D eigenvalue weighted by Gasteiger charge is -2.39. The summed E-state index contributed by atoms with van der Waals surface area (Å²) in [5.74, 6) is 0.973. The number of hydrogen-bond donors (Lipinski definition) is 4. The predicted molar refractivity (Wildman–Crippen MR) is 107 cm³/mol. The fraction of sp³-hybridized carbons (Fsp3) is 0.381. The summed E-state index contributed by atoms with van der Waals surface area (Å²) in [6.45, 7) is -0.589. The Labute approximate surface area is 175 Å². The van der Waals surface area contributed by atoms with Gasteiger partial charge in [0.1, 0.15) is 47.2 Å². The maximum Gasteiger partial charge on any atom is 0.344 e. The highest BCUT2D eigenvalue weighted by Gasteiger charge is 2.44. The molecule has 3 aromatic rings. The summed E-state index contributed by atoms with van der Waals surface area (Å²) in [6, 6.07) is 7.85. The number of aliphatic hydroxyl groups excluding tert-OH is 4. The molecular weight excluding hydrogens is 412 g/mol. The van der Waals surface area contributed by atoms with E-state index in [-0.39, 0.29) is 11.3 Å². The second kappa shape index (κ2) is 8.33. The van der Waals surface area contributed by atoms with E-state index in [0.29, 0.717) is 27.7 Å². The Hall–Kier alpha value is -2.89. The molecule has 4 N–H and O–H groups in total. The SMILES string of the molecule is COc1ccc2c(=O)oc3cc(O[C@@H]4O[C@H](CO)[C@@H](O)[C@H](O)[C@H]4O)cc(OC)c3c2c1. The number of aliphatic hydroxyl groups is 4. The lowest BCUT2D eigenvalue weighted by atomic mass is 9.99. The van der Waals surface area contributed by atoms with Crippen molar-refractivity contribution in [2.75, 3.05) is 20.8 Å². The second-order valence-corrected chi connectivity index (χ2v) is 7.11. The van der Waals surface area contributed by atoms with Gasteiger partial charge in [-0.05, 0) is 18.2 Å². The summed E-state index contributed by atoms with van der Waals surface area (Å²) in [4.78, 5) is 12.5. The normalized spacial score (nSPS) is 26.2. The largest absolute Gasteiger partial charge is 0.497 e. The fourth-order valence-corrected chi connectivity index (χ4v) is 3.63. The molecule has 0 aliphatic carbocycles. The van der Waals surface area contributed by atoms with Crippen LogP contribution in [-0.2, 0) is 4.74 Å². The van der Waals surface area contributed by atoms with Crippen LogP contribution in [0.4, 0.5) is 0 Å². The van der Waals surface area contributed by atoms with Gasteiger partial charge in [-0.25, -0.2) is 4.79 Å². The van der Waals surface area contributed by atoms with Gasteiger partial charge < -0.3 is 43.8 Å². The molecule has 0 unspecified atom stereocenters. The van der Waals surface area contributed by atoms with Crippen LogP contribution in [0.3, 0.4) is 0 Å². The molecule has 10 nitrogen and oxygen atoms in total. The molecule has 10 heteroatoms. The molecule has 1 fully saturated rings. The van der Waals surface area contributed by atoms with E-state index in [2.05, 4.69) is 0 Å². The minimum atomic E-state index is -1.59. The molecule has 166 valence electrons. The molecular formula is C21H22O10. The molecule has 0 spiro atoms. The van der Waals surface area contributed by atoms with Crippen molar-refractivity contribution in [3.63, 3.8) is 0 Å². The molecule has 0 radical (unpaired) electrons. The molecule has 2 heterocycles. The van der Waals surface area contributed by atoms with Gasteiger partial charge in [-0.3, -0.25) is 0 Å². The molecule has 5 atom stereocenters. The van der Waals surface area contributed by atoms with Crippen LogP contribution < -0.4 is 19.8 Å². The maximum atomic E-state index is 12.5. The van der Waals surface area contributed by atoms with E-state index in [1.165, 1.54) is 26.4 Å². The first-order chi connectivity index (χ1) is 14.9. The van der Waals surface area contributed by atoms with Crippen molar-refractivity contribution in [2.24, 2.45) is 0 Å². The molecule has 1 aliphatic rings. The predicted octanol–water partition coefficient (Wildman–Crippen LogP) is 0.142. The van der Waals surface area contributed by atoms with Crippen molar-refractivity contribution in [1.29, 1.82) is 0 Å². The summed E-state index contributed by atoms with van der Waals surface area (Å²) >= 11 is 0. The second-order valence-electron chi connectivity index (χ2n) is 7.11. The zero-order chi connectivity index (χ0) is 22.3. The van der Waals surface area contributed by atoms with E-state index in [1.54, 1.807) is 18.2 Å². The first-order valence-electron chi connectivity index (χ1n) is 9.47. The van der Waals surface area contributed by atoms with Gasteiger partial charge in [-0.15, -0.1) is 0 Å². The van der Waals surface area contributed by atoms with Gasteiger partial charge in [0.05, 0.1) is 31.6 Å². The highest BCUT2D eigenvalue weighted by Crippen LogP contribution is 2.37. The van der Waals surface area contributed by atoms with Crippen molar-refractivity contribution < 1.29 is 43.8 Å². The van der Waals surface area contributed by atoms with Crippen molar-refractivity contribution in [3.8, 4) is 17.2 Å². The van der Waals surface area contributed by atoms with Crippen LogP contribution in [0.25, 0.3) is 21.7 Å². The molecule has 0 saturated carbocycles. The minimum absolute atomic E-state index is 0.110. The summed E-state index contributed by atoms with van der Waals surface area (Å²) in [5, 5.41) is 40.8. The number of fused-ring (bicyclic) bond motifs is 3. The van der Waals surface area contributed by atoms with Gasteiger partial charge in [-0.1, -0.05) is 0 Å². The van der Waals surface area contributed by atoms with Crippen molar-refractivity contribution in [1.82, 2.24) is 0 Å². The third-order valence-electron chi connectivity index (χ3n) is 5.28. The molecule has 1 saturated heterocycles. The first kappa shape index (κ1) is 21.3. The number of benzene rings is 2. The summed E-state index contributed by atoms with van der Waals surface area (Å²) in [5.41, 5.74) is -0.415. The summed E-state index contributed by atoms with van der Waals surface area (Å²) < 4.78 is 27.2. The van der Waals surface area contributed by atoms with Crippen molar-refractivity contribution in [3.05, 3.63) is 40.8 Å². The number of rotatable bonds is 5. The van der Waals surface area contributed by atoms with E-state index in [4.69, 9.17) is 23.4 Å². The van der Waals surface area contributed by atoms with Crippen LogP contribution >= 0.6 is 0 Å². The van der Waals surface area contributed by atoms with Gasteiger partial charge >= 0.3 is 5.63 Å². The average Bonchev–Trinajstić information content (AvgIpc) is 2.78. The topological polar surface area (TPSA) is 148 Å². The third kappa shape index (κ3) is 3.68. The minimum Gasteiger partial charge on any atom is -0.497 e. The van der Waals surface area contributed by atoms with Crippen LogP contribution in [0.5, 0.6) is 17.2 Å². The third-order valence-corrected chi connectivity index (χ3v) is 5.28. The standard InChI is InChI=1S/C21H22O10/c1-27-9-3-4-11-12(5-9)16-13(28-2)6-10(7-14(16)30-20(11)26)29-21-19(25)18(24)17(23)15(8-22)31-21/h3-7,15,17-19,21-25H,8H2,1-2H3/t15-,17-,18+,19-,21-/m1/s1. The zero-order valence-electron chi connectivity index (χ0n) is 16.7. The Balaban J connectivity index is 1.80. The van der Waals surface area contributed by atoms with Crippen LogP contribution in [0.1, 0.15) is 0 Å². The lowest BCUT2D eigenvalue weighted by Crippen LogP contribution is -2.60. The monoisotopic (exact) mass is 434 g/mol. The van der Waals surface area contributed by atoms with Crippen molar-refractivity contribution >= 4 is 21.7 Å². The van der Waals surface area contributed by atoms with Gasteiger partial charge in [0.25, 0.3) is 0 Å². The van der Waals surface area contributed by atoms with E-state index >= 15 is 0 Å². The van der Waals surface area contributed by atoms with E-state index in [1.807, 2.05) is 0 Å². The number of methoxy groups -OCH3 is 2. The van der Waals surface area contributed by atoms with Crippen LogP contribution in [0.2, 0.25) is 0 Å². The molecule has 1 aliphatic heterocycles. The Kier molecular flexibility index (Phi) is 5.73. The Morgan fingerprint density at radius 1 is 0.935 bits per heavy atom. The highest BCUT2D eigenvalue weighted by atomic mass is 16.7. The molecule has 0 amide bonds. The summed E-state index contributed by atoms with van der Waals surface area (Å²) in [7, 11) is 2.95. The Bertz CT molecular complexity index is 1150. The fourth-order valence-electron chi connectivity index (χ4n) is 3.63. The van der Waals surface area contributed by atoms with Gasteiger partial charge in [-0.2, -0.15) is 0 Å². The smallest absolute Gasteiger partial charge is 0.344 e. The quantitative estimate of drug-likeness (QED) is 0.323. The molecule has 31 heavy (non-hydrogen) atoms. The summed E-state index contributed by atoms with van der Waals surface area (Å²) in [6.07, 6.45) is -7.21. The molecule has 4 rings (SSSR count). The van der Waals surface area contributed by atoms with Gasteiger partial charge in [0.15, 0.2) is 0 Å². The van der Waals surface area contributed by atoms with Crippen LogP contribution in [-0.4, -0.2) is 72.0 Å². The van der Waals surface area contributed by atoms with Gasteiger partial charge in [0.2, 0.25) is 6.29 Å². The van der Waals surface area contributed by atoms with Gasteiger partial charge in [0, 0.05) is 17.5 Å². The molecule has 1 aromatic heterocycles. The van der Waals surface area contributed by atoms with Crippen LogP contribution in [0, 0.1) is 0 Å². The first-order valence-corrected chi connectivity index (χ1v) is 9.47. The highest BCUT2D eigenvalue weighted by molar-refractivity contribution is 6.08. The number of ether oxygens (including phenoxy) is 4. The molecule has 0 bridgehead atoms. The maximum absolute atomic E-state index is 12.5. The average molecular weight is 434 g/mol. The zero-order valence-corrected chi connectivity index (χ0v) is 16.7. The number of hydrogen-bond acceptors (Lipinski definition) is 10.